The third-order valence-corrected chi connectivity index (χ3v) is 9.31. The Morgan fingerprint density at radius 3 is 1.81 bits per heavy atom. The Kier molecular flexibility index (Phi) is 7.10. The maximum Gasteiger partial charge on any atom is 0.226 e. The van der Waals surface area contributed by atoms with E-state index in [4.69, 9.17) is 104 Å². The van der Waals surface area contributed by atoms with Crippen LogP contribution in [0.5, 0.6) is 0 Å². The molecule has 0 saturated carbocycles. The van der Waals surface area contributed by atoms with Crippen LogP contribution in [-0.2, 0) is 9.44 Å². The molecule has 0 heterocycles. The van der Waals surface area contributed by atoms with Gasteiger partial charge in [-0.15, -0.1) is 0 Å². The lowest BCUT2D eigenvalue weighted by molar-refractivity contribution is 0.106. The quantitative estimate of drug-likeness (QED) is 0.348. The molecule has 143 valence electrons. The molecule has 0 aromatic heterocycles. The Morgan fingerprint density at radius 2 is 1.31 bits per heavy atom. The molecule has 0 bridgehead atoms. The summed E-state index contributed by atoms with van der Waals surface area (Å²) >= 11 is 55.5. The summed E-state index contributed by atoms with van der Waals surface area (Å²) in [6.45, 7) is 1.43. The molecule has 2 aromatic rings. The molecule has 2 aromatic carbocycles. The van der Waals surface area contributed by atoms with Gasteiger partial charge in [0.05, 0.1) is 0 Å². The molecule has 26 heavy (non-hydrogen) atoms. The highest BCUT2D eigenvalue weighted by Gasteiger charge is 2.69. The lowest BCUT2D eigenvalue weighted by Crippen LogP contribution is -2.55. The van der Waals surface area contributed by atoms with Gasteiger partial charge in [-0.1, -0.05) is 141 Å². The summed E-state index contributed by atoms with van der Waals surface area (Å²) < 4.78 is -9.37. The van der Waals surface area contributed by atoms with Crippen molar-refractivity contribution in [2.75, 3.05) is 0 Å². The van der Waals surface area contributed by atoms with Crippen LogP contribution in [0, 0.1) is 0 Å². The van der Waals surface area contributed by atoms with E-state index in [1.165, 1.54) is 13.0 Å². The van der Waals surface area contributed by atoms with Crippen molar-refractivity contribution in [3.05, 3.63) is 47.5 Å². The van der Waals surface area contributed by atoms with E-state index in [1.807, 2.05) is 12.1 Å². The fourth-order valence-electron chi connectivity index (χ4n) is 2.55. The first-order valence-corrected chi connectivity index (χ1v) is 10.4. The summed E-state index contributed by atoms with van der Waals surface area (Å²) in [7, 11) is 0. The molecule has 2 rings (SSSR count). The number of alkyl halides is 9. The molecule has 0 N–H and O–H groups in total. The molecule has 1 nitrogen and oxygen atoms in total. The standard InChI is InChI=1S/C16H10Cl9O/c1-8(26)12-10-5-3-2-4-9(10)6-7-11(12)13(17,18)14(19,20)15(21,22)16(23,24)25/h2-8H,1H3. The van der Waals surface area contributed by atoms with Crippen LogP contribution in [0.2, 0.25) is 0 Å². The van der Waals surface area contributed by atoms with Gasteiger partial charge in [0.2, 0.25) is 8.13 Å². The minimum Gasteiger partial charge on any atom is -0.228 e. The fourth-order valence-corrected chi connectivity index (χ4v) is 4.84. The average molecular weight is 537 g/mol. The van der Waals surface area contributed by atoms with Crippen molar-refractivity contribution in [3.63, 3.8) is 0 Å². The molecule has 0 aliphatic rings. The van der Waals surface area contributed by atoms with E-state index in [0.717, 1.165) is 5.39 Å². The largest absolute Gasteiger partial charge is 0.228 e. The minimum atomic E-state index is -2.42. The van der Waals surface area contributed by atoms with Crippen molar-refractivity contribution in [1.82, 2.24) is 0 Å². The third-order valence-electron chi connectivity index (χ3n) is 3.86. The molecular formula is C16H10Cl9O. The van der Waals surface area contributed by atoms with Gasteiger partial charge >= 0.3 is 0 Å². The highest BCUT2D eigenvalue weighted by molar-refractivity contribution is 6.80. The molecule has 0 saturated heterocycles. The average Bonchev–Trinajstić information content (AvgIpc) is 2.51. The van der Waals surface area contributed by atoms with Crippen LogP contribution in [0.25, 0.3) is 10.8 Å². The zero-order valence-electron chi connectivity index (χ0n) is 12.9. The van der Waals surface area contributed by atoms with E-state index in [0.29, 0.717) is 5.39 Å². The third kappa shape index (κ3) is 3.84. The molecular weight excluding hydrogens is 527 g/mol. The van der Waals surface area contributed by atoms with E-state index >= 15 is 0 Å². The normalized spacial score (nSPS) is 15.3. The SMILES string of the molecule is CC([O])c1c(C(Cl)(Cl)C(Cl)(Cl)C(Cl)(Cl)C(Cl)(Cl)Cl)ccc2ccccc12. The van der Waals surface area contributed by atoms with Gasteiger partial charge in [0.1, 0.15) is 6.10 Å². The summed E-state index contributed by atoms with van der Waals surface area (Å²) in [4.78, 5) is 0. The molecule has 1 unspecified atom stereocenters. The van der Waals surface area contributed by atoms with Crippen LogP contribution in [0.15, 0.2) is 36.4 Å². The maximum absolute atomic E-state index is 12.4. The molecule has 0 amide bonds. The maximum atomic E-state index is 12.4. The van der Waals surface area contributed by atoms with Gasteiger partial charge in [0.25, 0.3) is 0 Å². The molecule has 0 spiro atoms. The monoisotopic (exact) mass is 533 g/mol. The summed E-state index contributed by atoms with van der Waals surface area (Å²) in [5, 5.41) is 13.9. The molecule has 0 aliphatic heterocycles. The van der Waals surface area contributed by atoms with Gasteiger partial charge < -0.3 is 0 Å². The first-order valence-electron chi connectivity index (χ1n) is 7.04. The van der Waals surface area contributed by atoms with Gasteiger partial charge in [-0.25, -0.2) is 5.11 Å². The van der Waals surface area contributed by atoms with Crippen LogP contribution in [0.1, 0.15) is 24.2 Å². The summed E-state index contributed by atoms with van der Waals surface area (Å²) in [6.07, 6.45) is -1.22. The van der Waals surface area contributed by atoms with Crippen LogP contribution < -0.4 is 0 Å². The first-order chi connectivity index (χ1) is 11.7. The minimum absolute atomic E-state index is 0.118. The first kappa shape index (κ1) is 23.5. The number of benzene rings is 2. The highest BCUT2D eigenvalue weighted by atomic mass is 35.6. The molecule has 0 fully saturated rings. The van der Waals surface area contributed by atoms with E-state index in [2.05, 4.69) is 0 Å². The second-order valence-corrected chi connectivity index (χ2v) is 11.9. The Morgan fingerprint density at radius 1 is 0.769 bits per heavy atom. The predicted molar refractivity (Wildman–Crippen MR) is 116 cm³/mol. The Balaban J connectivity index is 2.79. The number of hydrogen-bond acceptors (Lipinski definition) is 0. The van der Waals surface area contributed by atoms with Crippen LogP contribution in [0.3, 0.4) is 0 Å². The zero-order valence-corrected chi connectivity index (χ0v) is 19.7. The topological polar surface area (TPSA) is 19.9 Å². The number of hydrogen-bond donors (Lipinski definition) is 0. The van der Waals surface area contributed by atoms with E-state index < -0.39 is 22.9 Å². The zero-order chi connectivity index (χ0) is 20.1. The smallest absolute Gasteiger partial charge is 0.226 e. The van der Waals surface area contributed by atoms with Gasteiger partial charge in [0, 0.05) is 0 Å². The summed E-state index contributed by atoms with van der Waals surface area (Å²) in [5.41, 5.74) is 0.402. The van der Waals surface area contributed by atoms with Crippen LogP contribution >= 0.6 is 104 Å². The molecule has 1 atom stereocenters. The van der Waals surface area contributed by atoms with E-state index in [-0.39, 0.29) is 11.1 Å². The Labute approximate surface area is 196 Å². The van der Waals surface area contributed by atoms with Crippen molar-refractivity contribution in [2.24, 2.45) is 0 Å². The van der Waals surface area contributed by atoms with Gasteiger partial charge in [-0.2, -0.15) is 0 Å². The second-order valence-electron chi connectivity index (χ2n) is 5.61. The van der Waals surface area contributed by atoms with Gasteiger partial charge in [-0.05, 0) is 28.8 Å². The molecule has 10 heteroatoms. The number of fused-ring (bicyclic) bond motifs is 1. The Hall–Kier alpha value is 1.27. The van der Waals surface area contributed by atoms with Gasteiger partial charge in [-0.3, -0.25) is 0 Å². The van der Waals surface area contributed by atoms with E-state index in [9.17, 15) is 5.11 Å². The van der Waals surface area contributed by atoms with Crippen molar-refractivity contribution in [3.8, 4) is 0 Å². The fraction of sp³-hybridized carbons (Fsp3) is 0.375. The molecule has 0 aliphatic carbocycles. The lowest BCUT2D eigenvalue weighted by atomic mass is 9.91. The van der Waals surface area contributed by atoms with Crippen LogP contribution in [-0.4, -0.2) is 12.5 Å². The van der Waals surface area contributed by atoms with Crippen LogP contribution in [0.4, 0.5) is 0 Å². The number of rotatable bonds is 4. The van der Waals surface area contributed by atoms with E-state index in [1.54, 1.807) is 18.2 Å². The van der Waals surface area contributed by atoms with Crippen molar-refractivity contribution in [2.45, 2.75) is 29.8 Å². The number of halogens is 9. The molecule has 1 radical (unpaired) electrons. The predicted octanol–water partition coefficient (Wildman–Crippen LogP) is 8.68. The van der Waals surface area contributed by atoms with Gasteiger partial charge in [0.15, 0.2) is 8.67 Å². The van der Waals surface area contributed by atoms with Crippen molar-refractivity contribution >= 4 is 115 Å². The highest BCUT2D eigenvalue weighted by Crippen LogP contribution is 2.65. The lowest BCUT2D eigenvalue weighted by Gasteiger charge is -2.44. The van der Waals surface area contributed by atoms with Crippen molar-refractivity contribution in [1.29, 1.82) is 0 Å². The Bertz CT molecular complexity index is 809. The second kappa shape index (κ2) is 7.84. The summed E-state index contributed by atoms with van der Waals surface area (Å²) in [6, 6.07) is 10.4. The summed E-state index contributed by atoms with van der Waals surface area (Å²) in [5.74, 6) is 0. The van der Waals surface area contributed by atoms with Crippen molar-refractivity contribution < 1.29 is 5.11 Å².